The Kier molecular flexibility index (Phi) is 5.28. The van der Waals surface area contributed by atoms with Gasteiger partial charge in [0.05, 0.1) is 6.61 Å². The zero-order valence-electron chi connectivity index (χ0n) is 7.16. The number of halogens is 1. The van der Waals surface area contributed by atoms with E-state index < -0.39 is 18.2 Å². The minimum atomic E-state index is -1.99. The van der Waals surface area contributed by atoms with E-state index in [1.807, 2.05) is 0 Å². The highest BCUT2D eigenvalue weighted by Gasteiger charge is 2.25. The lowest BCUT2D eigenvalue weighted by Crippen LogP contribution is -2.30. The molecule has 2 atom stereocenters. The first-order valence-corrected chi connectivity index (χ1v) is 3.75. The Morgan fingerprint density at radius 2 is 2.33 bits per heavy atom. The van der Waals surface area contributed by atoms with Gasteiger partial charge in [-0.15, -0.1) is 0 Å². The van der Waals surface area contributed by atoms with Gasteiger partial charge < -0.3 is 9.84 Å². The Labute approximate surface area is 70.8 Å². The molecule has 0 fully saturated rings. The molecule has 0 aromatic rings. The molecule has 1 N–H and O–H groups in total. The molecule has 3 nitrogen and oxygen atoms in total. The van der Waals surface area contributed by atoms with Crippen molar-refractivity contribution in [2.24, 2.45) is 0 Å². The Morgan fingerprint density at radius 3 is 2.75 bits per heavy atom. The summed E-state index contributed by atoms with van der Waals surface area (Å²) >= 11 is 0. The van der Waals surface area contributed by atoms with E-state index in [-0.39, 0.29) is 6.61 Å². The van der Waals surface area contributed by atoms with Gasteiger partial charge in [-0.2, -0.15) is 0 Å². The number of hydrogen-bond acceptors (Lipinski definition) is 3. The summed E-state index contributed by atoms with van der Waals surface area (Å²) in [5.74, 6) is -1.02. The quantitative estimate of drug-likeness (QED) is 0.509. The van der Waals surface area contributed by atoms with Crippen molar-refractivity contribution in [2.75, 3.05) is 6.61 Å². The highest BCUT2D eigenvalue weighted by atomic mass is 19.1. The topological polar surface area (TPSA) is 46.5 Å². The van der Waals surface area contributed by atoms with Gasteiger partial charge in [-0.05, 0) is 13.8 Å². The molecule has 0 amide bonds. The minimum absolute atomic E-state index is 0.113. The Bertz CT molecular complexity index is 168. The first-order valence-electron chi connectivity index (χ1n) is 3.75. The SMILES string of the molecule is C/C=C/[C@@H](O)[C@@H](F)C(=O)OCC. The summed E-state index contributed by atoms with van der Waals surface area (Å²) in [5.41, 5.74) is 0. The summed E-state index contributed by atoms with van der Waals surface area (Å²) in [5, 5.41) is 8.95. The largest absolute Gasteiger partial charge is 0.464 e. The maximum absolute atomic E-state index is 12.8. The molecule has 0 heterocycles. The highest BCUT2D eigenvalue weighted by Crippen LogP contribution is 2.03. The molecular formula is C8H13FO3. The van der Waals surface area contributed by atoms with E-state index >= 15 is 0 Å². The fourth-order valence-corrected chi connectivity index (χ4v) is 0.656. The van der Waals surface area contributed by atoms with Crippen molar-refractivity contribution < 1.29 is 19.0 Å². The molecule has 0 saturated carbocycles. The fourth-order valence-electron chi connectivity index (χ4n) is 0.656. The van der Waals surface area contributed by atoms with Gasteiger partial charge in [0.25, 0.3) is 0 Å². The summed E-state index contributed by atoms with van der Waals surface area (Å²) in [6, 6.07) is 0. The number of hydrogen-bond donors (Lipinski definition) is 1. The maximum Gasteiger partial charge on any atom is 0.343 e. The molecule has 0 unspecified atom stereocenters. The van der Waals surface area contributed by atoms with Crippen LogP contribution in [0, 0.1) is 0 Å². The molecule has 0 radical (unpaired) electrons. The zero-order valence-corrected chi connectivity index (χ0v) is 7.16. The van der Waals surface area contributed by atoms with Crippen LogP contribution in [-0.2, 0) is 9.53 Å². The van der Waals surface area contributed by atoms with Crippen LogP contribution < -0.4 is 0 Å². The van der Waals surface area contributed by atoms with Gasteiger partial charge in [-0.3, -0.25) is 0 Å². The van der Waals surface area contributed by atoms with E-state index in [0.29, 0.717) is 0 Å². The molecule has 0 aliphatic carbocycles. The van der Waals surface area contributed by atoms with Crippen molar-refractivity contribution in [3.05, 3.63) is 12.2 Å². The van der Waals surface area contributed by atoms with Crippen LogP contribution >= 0.6 is 0 Å². The molecule has 0 saturated heterocycles. The van der Waals surface area contributed by atoms with Crippen LogP contribution in [0.4, 0.5) is 4.39 Å². The summed E-state index contributed by atoms with van der Waals surface area (Å²) in [6.07, 6.45) is -0.729. The smallest absolute Gasteiger partial charge is 0.343 e. The fraction of sp³-hybridized carbons (Fsp3) is 0.625. The van der Waals surface area contributed by atoms with E-state index in [1.165, 1.54) is 12.2 Å². The van der Waals surface area contributed by atoms with Gasteiger partial charge in [0.1, 0.15) is 6.10 Å². The van der Waals surface area contributed by atoms with E-state index in [1.54, 1.807) is 13.8 Å². The highest BCUT2D eigenvalue weighted by molar-refractivity contribution is 5.75. The lowest BCUT2D eigenvalue weighted by atomic mass is 10.2. The number of carbonyl (C=O) groups excluding carboxylic acids is 1. The predicted molar refractivity (Wildman–Crippen MR) is 42.3 cm³/mol. The monoisotopic (exact) mass is 176 g/mol. The third kappa shape index (κ3) is 3.48. The van der Waals surface area contributed by atoms with Crippen molar-refractivity contribution in [1.82, 2.24) is 0 Å². The van der Waals surface area contributed by atoms with Crippen LogP contribution in [0.15, 0.2) is 12.2 Å². The van der Waals surface area contributed by atoms with Crippen LogP contribution in [0.25, 0.3) is 0 Å². The van der Waals surface area contributed by atoms with E-state index in [2.05, 4.69) is 4.74 Å². The summed E-state index contributed by atoms with van der Waals surface area (Å²) in [7, 11) is 0. The third-order valence-electron chi connectivity index (χ3n) is 1.20. The Balaban J connectivity index is 3.99. The second-order valence-corrected chi connectivity index (χ2v) is 2.17. The maximum atomic E-state index is 12.8. The molecule has 0 aliphatic heterocycles. The van der Waals surface area contributed by atoms with Gasteiger partial charge in [-0.25, -0.2) is 9.18 Å². The van der Waals surface area contributed by atoms with Gasteiger partial charge in [-0.1, -0.05) is 12.2 Å². The lowest BCUT2D eigenvalue weighted by molar-refractivity contribution is -0.152. The van der Waals surface area contributed by atoms with Gasteiger partial charge in [0, 0.05) is 0 Å². The zero-order chi connectivity index (χ0) is 9.56. The van der Waals surface area contributed by atoms with Gasteiger partial charge in [0.2, 0.25) is 6.17 Å². The van der Waals surface area contributed by atoms with Crippen molar-refractivity contribution in [2.45, 2.75) is 26.1 Å². The van der Waals surface area contributed by atoms with Crippen LogP contribution in [-0.4, -0.2) is 30.0 Å². The standard InChI is InChI=1S/C8H13FO3/c1-3-5-6(10)7(9)8(11)12-4-2/h3,5-7,10H,4H2,1-2H3/b5-3+/t6-,7-/m1/s1. The number of aliphatic hydroxyl groups excluding tert-OH is 1. The summed E-state index contributed by atoms with van der Waals surface area (Å²) < 4.78 is 17.2. The summed E-state index contributed by atoms with van der Waals surface area (Å²) in [4.78, 5) is 10.7. The van der Waals surface area contributed by atoms with Gasteiger partial charge in [0.15, 0.2) is 0 Å². The number of rotatable bonds is 4. The number of esters is 1. The van der Waals surface area contributed by atoms with E-state index in [4.69, 9.17) is 5.11 Å². The number of ether oxygens (including phenoxy) is 1. The number of alkyl halides is 1. The van der Waals surface area contributed by atoms with Gasteiger partial charge >= 0.3 is 5.97 Å². The number of aliphatic hydroxyl groups is 1. The average molecular weight is 176 g/mol. The Hall–Kier alpha value is -0.900. The van der Waals surface area contributed by atoms with Crippen molar-refractivity contribution in [3.8, 4) is 0 Å². The van der Waals surface area contributed by atoms with Crippen LogP contribution in [0.5, 0.6) is 0 Å². The first-order chi connectivity index (χ1) is 5.63. The molecule has 0 aromatic heterocycles. The van der Waals surface area contributed by atoms with Crippen molar-refractivity contribution in [1.29, 1.82) is 0 Å². The molecule has 4 heteroatoms. The number of allylic oxidation sites excluding steroid dienone is 1. The predicted octanol–water partition coefficient (Wildman–Crippen LogP) is 0.825. The molecule has 0 aromatic carbocycles. The molecular weight excluding hydrogens is 163 g/mol. The second-order valence-electron chi connectivity index (χ2n) is 2.17. The molecule has 12 heavy (non-hydrogen) atoms. The normalized spacial score (nSPS) is 16.0. The molecule has 0 bridgehead atoms. The molecule has 0 spiro atoms. The lowest BCUT2D eigenvalue weighted by Gasteiger charge is -2.10. The first kappa shape index (κ1) is 11.1. The van der Waals surface area contributed by atoms with E-state index in [9.17, 15) is 9.18 Å². The minimum Gasteiger partial charge on any atom is -0.464 e. The van der Waals surface area contributed by atoms with Crippen molar-refractivity contribution >= 4 is 5.97 Å². The molecule has 0 rings (SSSR count). The van der Waals surface area contributed by atoms with Crippen LogP contribution in [0.2, 0.25) is 0 Å². The van der Waals surface area contributed by atoms with Crippen molar-refractivity contribution in [3.63, 3.8) is 0 Å². The Morgan fingerprint density at radius 1 is 1.75 bits per heavy atom. The van der Waals surface area contributed by atoms with Crippen LogP contribution in [0.1, 0.15) is 13.8 Å². The third-order valence-corrected chi connectivity index (χ3v) is 1.20. The molecule has 0 aliphatic rings. The van der Waals surface area contributed by atoms with Crippen LogP contribution in [0.3, 0.4) is 0 Å². The average Bonchev–Trinajstić information content (AvgIpc) is 2.04. The number of carbonyl (C=O) groups is 1. The molecule has 70 valence electrons. The second kappa shape index (κ2) is 5.71. The summed E-state index contributed by atoms with van der Waals surface area (Å²) in [6.45, 7) is 3.32. The van der Waals surface area contributed by atoms with E-state index in [0.717, 1.165) is 0 Å².